The molecule has 2 aromatic carbocycles. The van der Waals surface area contributed by atoms with Gasteiger partial charge in [-0.25, -0.2) is 14.5 Å². The topological polar surface area (TPSA) is 140 Å². The highest BCUT2D eigenvalue weighted by molar-refractivity contribution is 6.33. The zero-order valence-corrected chi connectivity index (χ0v) is 28.4. The van der Waals surface area contributed by atoms with E-state index in [1.807, 2.05) is 20.8 Å². The lowest BCUT2D eigenvalue weighted by Crippen LogP contribution is -2.48. The number of alkyl halides is 4. The molecule has 0 aliphatic heterocycles. The van der Waals surface area contributed by atoms with Crippen LogP contribution in [-0.4, -0.2) is 71.4 Å². The molecule has 3 aromatic rings. The Labute approximate surface area is 291 Å². The number of alkyl carbamates (subject to hydrolysis) is 1. The number of aliphatic imine (C=N–C) groups is 1. The third-order valence-electron chi connectivity index (χ3n) is 7.52. The van der Waals surface area contributed by atoms with Gasteiger partial charge in [0.15, 0.2) is 5.96 Å². The molecule has 1 heterocycles. The first kappa shape index (κ1) is 37.8. The van der Waals surface area contributed by atoms with E-state index in [-0.39, 0.29) is 39.3 Å². The first-order valence-electron chi connectivity index (χ1n) is 15.6. The Balaban J connectivity index is 1.77. The Morgan fingerprint density at radius 3 is 2.44 bits per heavy atom. The number of benzene rings is 2. The van der Waals surface area contributed by atoms with Gasteiger partial charge < -0.3 is 15.4 Å². The molecule has 2 amide bonds. The SMILES string of the molecule is C=N/C=N\N(c1cc([C@@H](COC(=O)NC2CC2)N(C(=N)NCCC(C)(C)C)C(=O)c2ccc(-c3cnn(C(F)F)c3)cc2)ccc1Cl)C(F)F. The van der Waals surface area contributed by atoms with Crippen LogP contribution < -0.4 is 15.6 Å². The van der Waals surface area contributed by atoms with E-state index in [1.165, 1.54) is 54.9 Å². The molecule has 12 nitrogen and oxygen atoms in total. The van der Waals surface area contributed by atoms with Gasteiger partial charge in [0.05, 0.1) is 22.9 Å². The molecule has 0 spiro atoms. The molecule has 3 N–H and O–H groups in total. The van der Waals surface area contributed by atoms with Crippen LogP contribution in [0.2, 0.25) is 5.02 Å². The summed E-state index contributed by atoms with van der Waals surface area (Å²) in [6, 6.07) is 8.75. The second-order valence-corrected chi connectivity index (χ2v) is 13.0. The third kappa shape index (κ3) is 10.3. The van der Waals surface area contributed by atoms with Crippen molar-refractivity contribution in [3.8, 4) is 11.1 Å². The molecule has 1 aliphatic carbocycles. The molecule has 1 atom stereocenters. The number of rotatable bonds is 14. The molecule has 0 unspecified atom stereocenters. The van der Waals surface area contributed by atoms with Crippen molar-refractivity contribution in [2.75, 3.05) is 18.2 Å². The molecule has 0 radical (unpaired) electrons. The van der Waals surface area contributed by atoms with E-state index >= 15 is 0 Å². The molecule has 4 rings (SSSR count). The number of aromatic nitrogens is 2. The first-order valence-corrected chi connectivity index (χ1v) is 15.9. The summed E-state index contributed by atoms with van der Waals surface area (Å²) in [4.78, 5) is 31.5. The molecule has 1 aliphatic rings. The molecule has 1 fully saturated rings. The Kier molecular flexibility index (Phi) is 12.6. The predicted octanol–water partition coefficient (Wildman–Crippen LogP) is 7.30. The third-order valence-corrected chi connectivity index (χ3v) is 7.84. The number of halogens is 5. The van der Waals surface area contributed by atoms with Crippen LogP contribution in [-0.2, 0) is 4.74 Å². The summed E-state index contributed by atoms with van der Waals surface area (Å²) >= 11 is 6.33. The van der Waals surface area contributed by atoms with Crippen molar-refractivity contribution < 1.29 is 31.9 Å². The normalized spacial score (nSPS) is 13.7. The fraction of sp³-hybridized carbons (Fsp3) is 0.394. The second-order valence-electron chi connectivity index (χ2n) is 12.6. The van der Waals surface area contributed by atoms with Crippen LogP contribution in [0.15, 0.2) is 65.0 Å². The van der Waals surface area contributed by atoms with Crippen LogP contribution in [0.5, 0.6) is 0 Å². The molecule has 1 saturated carbocycles. The highest BCUT2D eigenvalue weighted by Crippen LogP contribution is 2.34. The number of hydrogen-bond acceptors (Lipinski definition) is 7. The van der Waals surface area contributed by atoms with Crippen molar-refractivity contribution in [3.63, 3.8) is 0 Å². The average Bonchev–Trinajstić information content (AvgIpc) is 3.72. The lowest BCUT2D eigenvalue weighted by Gasteiger charge is -2.33. The molecule has 50 heavy (non-hydrogen) atoms. The van der Waals surface area contributed by atoms with Crippen molar-refractivity contribution >= 4 is 48.3 Å². The number of hydrazone groups is 1. The number of ether oxygens (including phenoxy) is 1. The number of guanidine groups is 1. The Hall–Kier alpha value is -4.99. The van der Waals surface area contributed by atoms with Crippen molar-refractivity contribution in [2.45, 2.75) is 65.2 Å². The minimum absolute atomic E-state index is 0.0413. The minimum atomic E-state index is -3.15. The standard InChI is InChI=1S/C33H38ClF4N9O3/c1-33(2,3)13-14-41-31(39)46(28(48)21-7-5-20(6-8-21)23-16-42-45(17-23)29(35)36)27(18-50-32(49)44-24-10-11-24)22-9-12-25(34)26(15-22)47(30(37)38)43-19-40-4/h5-9,12,15-17,19,24,27,29-30H,4,10-11,13-14,18H2,1-3H3,(H2,39,41)(H,44,49)/b43-19-/t27-/m1/s1. The van der Waals surface area contributed by atoms with Gasteiger partial charge in [0, 0.05) is 29.9 Å². The fourth-order valence-corrected chi connectivity index (χ4v) is 4.92. The molecular weight excluding hydrogens is 682 g/mol. The van der Waals surface area contributed by atoms with Crippen molar-refractivity contribution in [1.29, 1.82) is 5.41 Å². The average molecular weight is 720 g/mol. The fourth-order valence-electron chi connectivity index (χ4n) is 4.71. The van der Waals surface area contributed by atoms with Gasteiger partial charge in [-0.05, 0) is 66.8 Å². The van der Waals surface area contributed by atoms with Gasteiger partial charge in [0.2, 0.25) is 0 Å². The molecule has 17 heteroatoms. The van der Waals surface area contributed by atoms with E-state index < -0.39 is 37.7 Å². The number of anilines is 1. The number of hydrogen-bond donors (Lipinski definition) is 3. The maximum Gasteiger partial charge on any atom is 0.407 e. The van der Waals surface area contributed by atoms with Crippen LogP contribution in [0.25, 0.3) is 11.1 Å². The first-order chi connectivity index (χ1) is 23.7. The van der Waals surface area contributed by atoms with Crippen LogP contribution in [0.3, 0.4) is 0 Å². The lowest BCUT2D eigenvalue weighted by atomic mass is 9.92. The maximum atomic E-state index is 14.3. The summed E-state index contributed by atoms with van der Waals surface area (Å²) in [5, 5.41) is 22.2. The van der Waals surface area contributed by atoms with Gasteiger partial charge in [-0.2, -0.15) is 27.8 Å². The van der Waals surface area contributed by atoms with E-state index in [4.69, 9.17) is 21.7 Å². The zero-order valence-electron chi connectivity index (χ0n) is 27.6. The van der Waals surface area contributed by atoms with E-state index in [9.17, 15) is 27.2 Å². The molecule has 0 saturated heterocycles. The Morgan fingerprint density at radius 2 is 1.86 bits per heavy atom. The number of nitrogens with zero attached hydrogens (tertiary/aromatic N) is 6. The molecule has 0 bridgehead atoms. The van der Waals surface area contributed by atoms with Gasteiger partial charge >= 0.3 is 19.2 Å². The van der Waals surface area contributed by atoms with Gasteiger partial charge in [0.1, 0.15) is 12.9 Å². The van der Waals surface area contributed by atoms with Crippen molar-refractivity contribution in [3.05, 3.63) is 71.0 Å². The number of amides is 2. The number of nitrogens with one attached hydrogen (secondary N) is 3. The van der Waals surface area contributed by atoms with E-state index in [0.29, 0.717) is 33.8 Å². The van der Waals surface area contributed by atoms with Crippen LogP contribution in [0.4, 0.5) is 28.0 Å². The second kappa shape index (κ2) is 16.6. The Bertz CT molecular complexity index is 1690. The molecule has 1 aromatic heterocycles. The van der Waals surface area contributed by atoms with E-state index in [1.54, 1.807) is 0 Å². The van der Waals surface area contributed by atoms with Gasteiger partial charge in [-0.3, -0.25) is 20.1 Å². The van der Waals surface area contributed by atoms with E-state index in [0.717, 1.165) is 24.1 Å². The smallest absolute Gasteiger partial charge is 0.407 e. The van der Waals surface area contributed by atoms with Crippen LogP contribution in [0.1, 0.15) is 68.5 Å². The van der Waals surface area contributed by atoms with Crippen molar-refractivity contribution in [2.24, 2.45) is 15.5 Å². The highest BCUT2D eigenvalue weighted by atomic mass is 35.5. The number of carbonyl (C=O) groups excluding carboxylic acids is 2. The van der Waals surface area contributed by atoms with Gasteiger partial charge in [-0.15, -0.1) is 0 Å². The summed E-state index contributed by atoms with van der Waals surface area (Å²) in [5.74, 6) is -1.06. The van der Waals surface area contributed by atoms with Gasteiger partial charge in [0.25, 0.3) is 5.91 Å². The van der Waals surface area contributed by atoms with Crippen molar-refractivity contribution in [1.82, 2.24) is 25.3 Å². The quantitative estimate of drug-likeness (QED) is 0.0525. The summed E-state index contributed by atoms with van der Waals surface area (Å²) in [6.45, 7) is 3.08. The maximum absolute atomic E-state index is 14.3. The van der Waals surface area contributed by atoms with Crippen LogP contribution >= 0.6 is 11.6 Å². The predicted molar refractivity (Wildman–Crippen MR) is 183 cm³/mol. The minimum Gasteiger partial charge on any atom is -0.447 e. The summed E-state index contributed by atoms with van der Waals surface area (Å²) in [6.07, 6.45) is 4.68. The monoisotopic (exact) mass is 719 g/mol. The van der Waals surface area contributed by atoms with Gasteiger partial charge in [-0.1, -0.05) is 50.6 Å². The summed E-state index contributed by atoms with van der Waals surface area (Å²) in [7, 11) is 0. The summed E-state index contributed by atoms with van der Waals surface area (Å²) in [5.41, 5.74) is 0.790. The molecular formula is C33H38ClF4N9O3. The summed E-state index contributed by atoms with van der Waals surface area (Å²) < 4.78 is 60.5. The van der Waals surface area contributed by atoms with E-state index in [2.05, 4.69) is 32.5 Å². The highest BCUT2D eigenvalue weighted by Gasteiger charge is 2.33. The largest absolute Gasteiger partial charge is 0.447 e. The lowest BCUT2D eigenvalue weighted by molar-refractivity contribution is 0.0566. The number of carbonyl (C=O) groups is 2. The Morgan fingerprint density at radius 1 is 1.16 bits per heavy atom. The van der Waals surface area contributed by atoms with Crippen LogP contribution in [0, 0.1) is 10.8 Å². The molecule has 268 valence electrons. The zero-order chi connectivity index (χ0) is 36.6.